The molecule has 6 nitrogen and oxygen atoms in total. The molecule has 0 fully saturated rings. The quantitative estimate of drug-likeness (QED) is 0.0739. The summed E-state index contributed by atoms with van der Waals surface area (Å²) in [6.45, 7) is 18.0. The number of esters is 3. The first-order valence-corrected chi connectivity index (χ1v) is 23.9. The summed E-state index contributed by atoms with van der Waals surface area (Å²) in [5, 5.41) is 0. The van der Waals surface area contributed by atoms with Crippen LogP contribution in [-0.4, -0.2) is 17.9 Å². The summed E-state index contributed by atoms with van der Waals surface area (Å²) < 4.78 is 16.7. The van der Waals surface area contributed by atoms with Gasteiger partial charge in [0.1, 0.15) is 5.75 Å². The Labute approximate surface area is 387 Å². The highest BCUT2D eigenvalue weighted by Crippen LogP contribution is 2.47. The Morgan fingerprint density at radius 1 is 0.381 bits per heavy atom. The molecule has 0 heterocycles. The lowest BCUT2D eigenvalue weighted by molar-refractivity contribution is -0.137. The van der Waals surface area contributed by atoms with Gasteiger partial charge in [0.15, 0.2) is 11.5 Å². The molecule has 0 atom stereocenters. The van der Waals surface area contributed by atoms with Crippen molar-refractivity contribution in [1.82, 2.24) is 0 Å². The number of benzene rings is 6. The van der Waals surface area contributed by atoms with Gasteiger partial charge in [-0.2, -0.15) is 0 Å². The van der Waals surface area contributed by atoms with Crippen LogP contribution in [0.3, 0.4) is 0 Å². The van der Waals surface area contributed by atoms with Crippen molar-refractivity contribution in [3.05, 3.63) is 161 Å². The Kier molecular flexibility index (Phi) is 21.1. The molecule has 0 spiro atoms. The van der Waals surface area contributed by atoms with Crippen LogP contribution in [0, 0.1) is 41.5 Å². The van der Waals surface area contributed by atoms with Crippen LogP contribution in [0.5, 0.6) is 17.2 Å². The first-order chi connectivity index (χ1) is 30.3. The monoisotopic (exact) mass is 900 g/mol. The molecule has 0 saturated heterocycles. The Morgan fingerprint density at radius 2 is 0.762 bits per heavy atom. The first kappa shape index (κ1) is 50.4. The smallest absolute Gasteiger partial charge is 0.311 e. The highest BCUT2D eigenvalue weighted by atomic mass is 32.2. The van der Waals surface area contributed by atoms with Crippen molar-refractivity contribution in [1.29, 1.82) is 0 Å². The van der Waals surface area contributed by atoms with Gasteiger partial charge in [-0.3, -0.25) is 14.4 Å². The van der Waals surface area contributed by atoms with E-state index >= 15 is 0 Å². The molecule has 0 aromatic heterocycles. The Balaban J connectivity index is 0.000000229. The van der Waals surface area contributed by atoms with Gasteiger partial charge in [-0.15, -0.1) is 0 Å². The summed E-state index contributed by atoms with van der Waals surface area (Å²) >= 11 is 5.16. The van der Waals surface area contributed by atoms with Crippen LogP contribution in [0.25, 0.3) is 0 Å². The van der Waals surface area contributed by atoms with Gasteiger partial charge >= 0.3 is 17.9 Å². The minimum atomic E-state index is -0.319. The summed E-state index contributed by atoms with van der Waals surface area (Å²) in [6, 6.07) is 42.8. The molecule has 0 amide bonds. The van der Waals surface area contributed by atoms with Crippen molar-refractivity contribution in [2.45, 2.75) is 130 Å². The molecule has 6 aromatic rings. The van der Waals surface area contributed by atoms with Crippen LogP contribution < -0.4 is 14.2 Å². The van der Waals surface area contributed by atoms with E-state index < -0.39 is 0 Å². The summed E-state index contributed by atoms with van der Waals surface area (Å²) in [4.78, 5) is 43.1. The third-order valence-corrected chi connectivity index (χ3v) is 13.4. The molecule has 0 N–H and O–H groups in total. The summed E-state index contributed by atoms with van der Waals surface area (Å²) in [7, 11) is 0. The molecule has 63 heavy (non-hydrogen) atoms. The number of ether oxygens (including phenoxy) is 3. The molecule has 0 bridgehead atoms. The maximum atomic E-state index is 12.4. The zero-order chi connectivity index (χ0) is 45.7. The van der Waals surface area contributed by atoms with Gasteiger partial charge in [0.05, 0.1) is 0 Å². The van der Waals surface area contributed by atoms with E-state index in [-0.39, 0.29) is 17.9 Å². The molecule has 0 saturated carbocycles. The largest absolute Gasteiger partial charge is 0.427 e. The van der Waals surface area contributed by atoms with Crippen LogP contribution in [-0.2, 0) is 14.4 Å². The number of carbonyl (C=O) groups excluding carboxylic acids is 3. The predicted octanol–water partition coefficient (Wildman–Crippen LogP) is 15.5. The van der Waals surface area contributed by atoms with Crippen LogP contribution in [0.4, 0.5) is 0 Å². The van der Waals surface area contributed by atoms with E-state index in [9.17, 15) is 14.4 Å². The lowest BCUT2D eigenvalue weighted by Crippen LogP contribution is -2.14. The molecule has 0 aliphatic carbocycles. The number of rotatable bonds is 15. The minimum Gasteiger partial charge on any atom is -0.427 e. The zero-order valence-electron chi connectivity index (χ0n) is 38.0. The standard InChI is InChI=1S/C26H34O4S.C16H16O2S.C12H10S/c1-9-11-21(27)29-23-18(6)19(7)26(20(8)24(23)30-22(28)12-10-2)31-25-16(4)14-13-15(3)17(25)5;1-2-6-16(17)18-13-9-11-15(12-10-13)19-14-7-4-3-5-8-14;1-3-7-11(8-4-1)13-12-9-5-2-6-10-12/h13-14H,9-12H2,1-8H3;3-5,7-12H,2,6H2,1H3;1-10H. The Hall–Kier alpha value is -5.22. The Bertz CT molecular complexity index is 2340. The molecular weight excluding hydrogens is 841 g/mol. The fourth-order valence-corrected chi connectivity index (χ4v) is 9.08. The molecular formula is C54H60O6S3. The van der Waals surface area contributed by atoms with E-state index in [0.29, 0.717) is 49.4 Å². The van der Waals surface area contributed by atoms with Crippen LogP contribution >= 0.6 is 35.3 Å². The summed E-state index contributed by atoms with van der Waals surface area (Å²) in [5.41, 5.74) is 6.34. The van der Waals surface area contributed by atoms with Gasteiger partial charge in [-0.25, -0.2) is 0 Å². The van der Waals surface area contributed by atoms with Crippen LogP contribution in [0.15, 0.2) is 157 Å². The fourth-order valence-electron chi connectivity index (χ4n) is 6.09. The average Bonchev–Trinajstić information content (AvgIpc) is 3.28. The van der Waals surface area contributed by atoms with Crippen molar-refractivity contribution in [2.75, 3.05) is 0 Å². The van der Waals surface area contributed by atoms with Gasteiger partial charge < -0.3 is 14.2 Å². The molecule has 0 radical (unpaired) electrons. The number of carbonyl (C=O) groups is 3. The van der Waals surface area contributed by atoms with Crippen LogP contribution in [0.2, 0.25) is 0 Å². The van der Waals surface area contributed by atoms with Gasteiger partial charge in [0, 0.05) is 54.2 Å². The maximum Gasteiger partial charge on any atom is 0.311 e. The minimum absolute atomic E-state index is 0.175. The van der Waals surface area contributed by atoms with E-state index in [1.165, 1.54) is 36.3 Å². The van der Waals surface area contributed by atoms with E-state index in [2.05, 4.69) is 93.6 Å². The molecule has 6 rings (SSSR count). The van der Waals surface area contributed by atoms with Crippen molar-refractivity contribution in [2.24, 2.45) is 0 Å². The highest BCUT2D eigenvalue weighted by Gasteiger charge is 2.25. The summed E-state index contributed by atoms with van der Waals surface area (Å²) in [6.07, 6.45) is 3.28. The maximum absolute atomic E-state index is 12.4. The predicted molar refractivity (Wildman–Crippen MR) is 261 cm³/mol. The van der Waals surface area contributed by atoms with E-state index in [4.69, 9.17) is 14.2 Å². The van der Waals surface area contributed by atoms with Crippen molar-refractivity contribution in [3.63, 3.8) is 0 Å². The van der Waals surface area contributed by atoms with Gasteiger partial charge in [-0.05, 0) is 149 Å². The molecule has 9 heteroatoms. The SMILES string of the molecule is CCCC(=O)Oc1c(C)c(C)c(Sc2c(C)ccc(C)c2C)c(C)c1OC(=O)CCC.CCCC(=O)Oc1ccc(Sc2ccccc2)cc1.c1ccc(Sc2ccccc2)cc1. The lowest BCUT2D eigenvalue weighted by atomic mass is 10.0. The number of hydrogen-bond acceptors (Lipinski definition) is 9. The van der Waals surface area contributed by atoms with Crippen molar-refractivity contribution in [3.8, 4) is 17.2 Å². The zero-order valence-corrected chi connectivity index (χ0v) is 40.5. The fraction of sp³-hybridized carbons (Fsp3) is 0.278. The van der Waals surface area contributed by atoms with E-state index in [1.54, 1.807) is 35.3 Å². The lowest BCUT2D eigenvalue weighted by Gasteiger charge is -2.22. The molecule has 330 valence electrons. The van der Waals surface area contributed by atoms with E-state index in [0.717, 1.165) is 32.9 Å². The molecule has 0 aliphatic heterocycles. The van der Waals surface area contributed by atoms with Crippen molar-refractivity contribution >= 4 is 53.2 Å². The van der Waals surface area contributed by atoms with Gasteiger partial charge in [0.25, 0.3) is 0 Å². The number of hydrogen-bond donors (Lipinski definition) is 0. The third kappa shape index (κ3) is 16.1. The second-order valence-electron chi connectivity index (χ2n) is 14.9. The molecule has 6 aromatic carbocycles. The van der Waals surface area contributed by atoms with Gasteiger partial charge in [0.2, 0.25) is 0 Å². The molecule has 0 unspecified atom stereocenters. The third-order valence-electron chi connectivity index (χ3n) is 9.76. The topological polar surface area (TPSA) is 78.9 Å². The first-order valence-electron chi connectivity index (χ1n) is 21.5. The highest BCUT2D eigenvalue weighted by molar-refractivity contribution is 8.00. The second kappa shape index (κ2) is 26.4. The summed E-state index contributed by atoms with van der Waals surface area (Å²) in [5.74, 6) is 0.515. The van der Waals surface area contributed by atoms with Gasteiger partial charge in [-0.1, -0.05) is 123 Å². The van der Waals surface area contributed by atoms with Crippen LogP contribution in [0.1, 0.15) is 92.7 Å². The Morgan fingerprint density at radius 3 is 1.19 bits per heavy atom. The second-order valence-corrected chi connectivity index (χ2v) is 18.2. The van der Waals surface area contributed by atoms with Crippen molar-refractivity contribution < 1.29 is 28.6 Å². The number of aryl methyl sites for hydroxylation is 2. The molecule has 0 aliphatic rings. The van der Waals surface area contributed by atoms with E-state index in [1.807, 2.05) is 96.1 Å². The normalized spacial score (nSPS) is 10.4. The average molecular weight is 901 g/mol.